The van der Waals surface area contributed by atoms with Gasteiger partial charge in [0.2, 0.25) is 21.8 Å². The molecule has 7 nitrogen and oxygen atoms in total. The number of hydrogen-bond donors (Lipinski definition) is 1. The zero-order valence-electron chi connectivity index (χ0n) is 20.3. The Kier molecular flexibility index (Phi) is 9.05. The van der Waals surface area contributed by atoms with E-state index in [0.717, 1.165) is 27.3 Å². The third-order valence-electron chi connectivity index (χ3n) is 5.63. The standard InChI is InChI=1S/C25H35N3O4S/c1-7-23(25(30)26-5)27(16-20-10-8-19(4)9-11-20)24(29)17-28(33(6,31)32)22-14-12-21(13-15-22)18(2)3/h8-15,18,23H,7,16-17H2,1-6H3,(H,26,30)/t23-/m0/s1. The van der Waals surface area contributed by atoms with Gasteiger partial charge in [0.05, 0.1) is 11.9 Å². The lowest BCUT2D eigenvalue weighted by Crippen LogP contribution is -2.51. The summed E-state index contributed by atoms with van der Waals surface area (Å²) in [4.78, 5) is 27.5. The van der Waals surface area contributed by atoms with E-state index in [0.29, 0.717) is 18.0 Å². The van der Waals surface area contributed by atoms with Crippen LogP contribution < -0.4 is 9.62 Å². The maximum absolute atomic E-state index is 13.5. The summed E-state index contributed by atoms with van der Waals surface area (Å²) in [6.45, 7) is 7.72. The average molecular weight is 474 g/mol. The number of likely N-dealkylation sites (N-methyl/N-ethyl adjacent to an activating group) is 1. The molecule has 0 spiro atoms. The molecule has 1 N–H and O–H groups in total. The molecule has 2 aromatic carbocycles. The molecule has 0 aliphatic carbocycles. The van der Waals surface area contributed by atoms with Crippen LogP contribution in [-0.4, -0.2) is 51.0 Å². The lowest BCUT2D eigenvalue weighted by molar-refractivity contribution is -0.140. The highest BCUT2D eigenvalue weighted by Crippen LogP contribution is 2.23. The van der Waals surface area contributed by atoms with Crippen molar-refractivity contribution in [1.29, 1.82) is 0 Å². The van der Waals surface area contributed by atoms with Crippen molar-refractivity contribution in [3.8, 4) is 0 Å². The van der Waals surface area contributed by atoms with Crippen molar-refractivity contribution in [2.45, 2.75) is 52.6 Å². The molecular formula is C25H35N3O4S. The van der Waals surface area contributed by atoms with Crippen LogP contribution in [0.2, 0.25) is 0 Å². The molecule has 0 fully saturated rings. The van der Waals surface area contributed by atoms with E-state index in [2.05, 4.69) is 19.2 Å². The number of amides is 2. The summed E-state index contributed by atoms with van der Waals surface area (Å²) < 4.78 is 26.3. The molecule has 0 heterocycles. The van der Waals surface area contributed by atoms with Gasteiger partial charge in [-0.25, -0.2) is 8.42 Å². The van der Waals surface area contributed by atoms with Crippen molar-refractivity contribution in [1.82, 2.24) is 10.2 Å². The fraction of sp³-hybridized carbons (Fsp3) is 0.440. The van der Waals surface area contributed by atoms with Crippen molar-refractivity contribution in [3.05, 3.63) is 65.2 Å². The summed E-state index contributed by atoms with van der Waals surface area (Å²) in [6.07, 6.45) is 1.48. The molecule has 2 aromatic rings. The van der Waals surface area contributed by atoms with Gasteiger partial charge in [-0.15, -0.1) is 0 Å². The van der Waals surface area contributed by atoms with Gasteiger partial charge >= 0.3 is 0 Å². The molecule has 0 radical (unpaired) electrons. The number of sulfonamides is 1. The second-order valence-corrected chi connectivity index (χ2v) is 10.5. The summed E-state index contributed by atoms with van der Waals surface area (Å²) in [5.41, 5.74) is 3.44. The van der Waals surface area contributed by atoms with Crippen LogP contribution in [0.3, 0.4) is 0 Å². The summed E-state index contributed by atoms with van der Waals surface area (Å²) in [6, 6.07) is 14.1. The minimum Gasteiger partial charge on any atom is -0.357 e. The first kappa shape index (κ1) is 26.4. The summed E-state index contributed by atoms with van der Waals surface area (Å²) in [5, 5.41) is 2.61. The molecule has 0 aliphatic rings. The molecule has 2 amide bonds. The van der Waals surface area contributed by atoms with Crippen LogP contribution in [0.5, 0.6) is 0 Å². The quantitative estimate of drug-likeness (QED) is 0.573. The molecule has 0 saturated heterocycles. The van der Waals surface area contributed by atoms with Gasteiger partial charge in [0.25, 0.3) is 0 Å². The first-order valence-corrected chi connectivity index (χ1v) is 13.0. The Hall–Kier alpha value is -2.87. The molecule has 0 unspecified atom stereocenters. The lowest BCUT2D eigenvalue weighted by Gasteiger charge is -2.32. The predicted octanol–water partition coefficient (Wildman–Crippen LogP) is 3.44. The Labute approximate surface area is 197 Å². The molecule has 0 aromatic heterocycles. The van der Waals surface area contributed by atoms with E-state index in [1.54, 1.807) is 12.1 Å². The number of nitrogens with zero attached hydrogens (tertiary/aromatic N) is 2. The van der Waals surface area contributed by atoms with Crippen molar-refractivity contribution < 1.29 is 18.0 Å². The van der Waals surface area contributed by atoms with E-state index in [4.69, 9.17) is 0 Å². The predicted molar refractivity (Wildman–Crippen MR) is 133 cm³/mol. The van der Waals surface area contributed by atoms with E-state index in [1.807, 2.05) is 50.2 Å². The van der Waals surface area contributed by atoms with Crippen molar-refractivity contribution >= 4 is 27.5 Å². The first-order chi connectivity index (χ1) is 15.5. The van der Waals surface area contributed by atoms with Crippen molar-refractivity contribution in [2.24, 2.45) is 0 Å². The maximum Gasteiger partial charge on any atom is 0.244 e. The highest BCUT2D eigenvalue weighted by molar-refractivity contribution is 7.92. The van der Waals surface area contributed by atoms with Crippen molar-refractivity contribution in [3.63, 3.8) is 0 Å². The third kappa shape index (κ3) is 7.05. The van der Waals surface area contributed by atoms with Crippen molar-refractivity contribution in [2.75, 3.05) is 24.2 Å². The fourth-order valence-electron chi connectivity index (χ4n) is 3.62. The van der Waals surface area contributed by atoms with Crippen LogP contribution in [0.4, 0.5) is 5.69 Å². The Balaban J connectivity index is 2.40. The van der Waals surface area contributed by atoms with Crippen LogP contribution in [0.15, 0.2) is 48.5 Å². The second kappa shape index (κ2) is 11.3. The van der Waals surface area contributed by atoms with E-state index in [1.165, 1.54) is 11.9 Å². The van der Waals surface area contributed by atoms with Crippen LogP contribution in [-0.2, 0) is 26.2 Å². The zero-order valence-corrected chi connectivity index (χ0v) is 21.1. The summed E-state index contributed by atoms with van der Waals surface area (Å²) in [7, 11) is -2.20. The molecule has 180 valence electrons. The normalized spacial score (nSPS) is 12.3. The largest absolute Gasteiger partial charge is 0.357 e. The number of carbonyl (C=O) groups excluding carboxylic acids is 2. The van der Waals surface area contributed by atoms with Gasteiger partial charge in [-0.2, -0.15) is 0 Å². The first-order valence-electron chi connectivity index (χ1n) is 11.1. The van der Waals surface area contributed by atoms with Gasteiger partial charge in [0, 0.05) is 13.6 Å². The SMILES string of the molecule is CC[C@@H](C(=O)NC)N(Cc1ccc(C)cc1)C(=O)CN(c1ccc(C(C)C)cc1)S(C)(=O)=O. The molecular weight excluding hydrogens is 438 g/mol. The Morgan fingerprint density at radius 3 is 2.03 bits per heavy atom. The van der Waals surface area contributed by atoms with Crippen LogP contribution in [0.25, 0.3) is 0 Å². The molecule has 0 aliphatic heterocycles. The minimum absolute atomic E-state index is 0.203. The highest BCUT2D eigenvalue weighted by Gasteiger charge is 2.31. The number of rotatable bonds is 10. The average Bonchev–Trinajstić information content (AvgIpc) is 2.77. The smallest absolute Gasteiger partial charge is 0.244 e. The van der Waals surface area contributed by atoms with Gasteiger partial charge < -0.3 is 10.2 Å². The van der Waals surface area contributed by atoms with Crippen LogP contribution in [0, 0.1) is 6.92 Å². The van der Waals surface area contributed by atoms with E-state index < -0.39 is 22.0 Å². The van der Waals surface area contributed by atoms with E-state index >= 15 is 0 Å². The minimum atomic E-state index is -3.73. The Morgan fingerprint density at radius 1 is 1.00 bits per heavy atom. The van der Waals surface area contributed by atoms with E-state index in [-0.39, 0.29) is 19.0 Å². The number of benzene rings is 2. The summed E-state index contributed by atoms with van der Waals surface area (Å²) in [5.74, 6) is -0.426. The molecule has 33 heavy (non-hydrogen) atoms. The van der Waals surface area contributed by atoms with Gasteiger partial charge in [0.15, 0.2) is 0 Å². The highest BCUT2D eigenvalue weighted by atomic mass is 32.2. The number of carbonyl (C=O) groups is 2. The molecule has 2 rings (SSSR count). The van der Waals surface area contributed by atoms with Gasteiger partial charge in [-0.3, -0.25) is 13.9 Å². The second-order valence-electron chi connectivity index (χ2n) is 8.56. The Morgan fingerprint density at radius 2 is 1.58 bits per heavy atom. The van der Waals surface area contributed by atoms with E-state index in [9.17, 15) is 18.0 Å². The zero-order chi connectivity index (χ0) is 24.8. The molecule has 1 atom stereocenters. The van der Waals surface area contributed by atoms with Crippen LogP contribution in [0.1, 0.15) is 49.8 Å². The topological polar surface area (TPSA) is 86.8 Å². The Bertz CT molecular complexity index is 1050. The van der Waals surface area contributed by atoms with Crippen LogP contribution >= 0.6 is 0 Å². The molecule has 0 saturated carbocycles. The maximum atomic E-state index is 13.5. The monoisotopic (exact) mass is 473 g/mol. The number of hydrogen-bond acceptors (Lipinski definition) is 4. The molecule has 8 heteroatoms. The molecule has 0 bridgehead atoms. The number of aryl methyl sites for hydroxylation is 1. The third-order valence-corrected chi connectivity index (χ3v) is 6.77. The summed E-state index contributed by atoms with van der Waals surface area (Å²) >= 11 is 0. The van der Waals surface area contributed by atoms with Gasteiger partial charge in [-0.05, 0) is 42.5 Å². The fourth-order valence-corrected chi connectivity index (χ4v) is 4.47. The number of anilines is 1. The van der Waals surface area contributed by atoms with Gasteiger partial charge in [0.1, 0.15) is 12.6 Å². The van der Waals surface area contributed by atoms with Gasteiger partial charge in [-0.1, -0.05) is 62.7 Å². The lowest BCUT2D eigenvalue weighted by atomic mass is 10.0. The number of nitrogens with one attached hydrogen (secondary N) is 1.